The van der Waals surface area contributed by atoms with Crippen LogP contribution in [-0.4, -0.2) is 58.7 Å². The van der Waals surface area contributed by atoms with Crippen molar-refractivity contribution in [3.63, 3.8) is 0 Å². The number of rotatable bonds is 5. The Balaban J connectivity index is 1.27. The third-order valence-electron chi connectivity index (χ3n) is 6.32. The highest BCUT2D eigenvalue weighted by Gasteiger charge is 2.28. The minimum atomic E-state index is -0.235. The van der Waals surface area contributed by atoms with Crippen LogP contribution in [0.1, 0.15) is 24.3 Å². The third kappa shape index (κ3) is 3.92. The number of amides is 1. The lowest BCUT2D eigenvalue weighted by Crippen LogP contribution is -2.49. The number of nitrogens with zero attached hydrogens (tertiary/aromatic N) is 5. The summed E-state index contributed by atoms with van der Waals surface area (Å²) in [5.41, 5.74) is 3.88. The van der Waals surface area contributed by atoms with Crippen molar-refractivity contribution in [3.05, 3.63) is 66.4 Å². The van der Waals surface area contributed by atoms with Gasteiger partial charge in [-0.05, 0) is 31.2 Å². The summed E-state index contributed by atoms with van der Waals surface area (Å²) in [6.07, 6.45) is 5.41. The molecular weight excluding hydrogens is 418 g/mol. The largest absolute Gasteiger partial charge is 0.496 e. The fourth-order valence-corrected chi connectivity index (χ4v) is 4.45. The SMILES string of the molecule is COc1cc(N2CCN(C(=O)C(C)c3cnn4ccccc34)CC2)ccc1-c1cnc(C)o1. The van der Waals surface area contributed by atoms with Crippen LogP contribution < -0.4 is 9.64 Å². The van der Waals surface area contributed by atoms with E-state index in [9.17, 15) is 4.79 Å². The molecule has 1 fully saturated rings. The van der Waals surface area contributed by atoms with E-state index in [-0.39, 0.29) is 11.8 Å². The Labute approximate surface area is 192 Å². The van der Waals surface area contributed by atoms with E-state index < -0.39 is 0 Å². The van der Waals surface area contributed by atoms with Crippen LogP contribution in [-0.2, 0) is 4.79 Å². The minimum Gasteiger partial charge on any atom is -0.496 e. The van der Waals surface area contributed by atoms with Crippen LogP contribution in [0.5, 0.6) is 5.75 Å². The minimum absolute atomic E-state index is 0.141. The second-order valence-electron chi connectivity index (χ2n) is 8.29. The van der Waals surface area contributed by atoms with Crippen molar-refractivity contribution in [3.8, 4) is 17.1 Å². The molecule has 8 heteroatoms. The molecule has 0 bridgehead atoms. The van der Waals surface area contributed by atoms with Gasteiger partial charge in [0.15, 0.2) is 11.7 Å². The van der Waals surface area contributed by atoms with Crippen LogP contribution in [0.3, 0.4) is 0 Å². The topological polar surface area (TPSA) is 76.1 Å². The van der Waals surface area contributed by atoms with Crippen LogP contribution in [0.2, 0.25) is 0 Å². The zero-order valence-electron chi connectivity index (χ0n) is 19.1. The van der Waals surface area contributed by atoms with Gasteiger partial charge in [-0.15, -0.1) is 0 Å². The molecule has 4 heterocycles. The summed E-state index contributed by atoms with van der Waals surface area (Å²) in [5.74, 6) is 1.95. The van der Waals surface area contributed by atoms with Crippen molar-refractivity contribution >= 4 is 17.1 Å². The summed E-state index contributed by atoms with van der Waals surface area (Å²) in [5, 5.41) is 4.38. The van der Waals surface area contributed by atoms with Gasteiger partial charge in [0, 0.05) is 56.6 Å². The normalized spacial score (nSPS) is 15.1. The number of pyridine rings is 1. The molecule has 1 aliphatic rings. The summed E-state index contributed by atoms with van der Waals surface area (Å²) in [4.78, 5) is 21.6. The molecule has 33 heavy (non-hydrogen) atoms. The van der Waals surface area contributed by atoms with Crippen molar-refractivity contribution in [1.82, 2.24) is 19.5 Å². The number of hydrogen-bond donors (Lipinski definition) is 0. The standard InChI is InChI=1S/C25H27N5O3/c1-17(21-15-27-30-9-5-4-6-22(21)30)25(31)29-12-10-28(11-13-29)19-7-8-20(23(14-19)32-3)24-16-26-18(2)33-24/h4-9,14-17H,10-13H2,1-3H3. The fraction of sp³-hybridized carbons (Fsp3) is 0.320. The maximum Gasteiger partial charge on any atom is 0.230 e. The van der Waals surface area contributed by atoms with Crippen molar-refractivity contribution < 1.29 is 13.9 Å². The predicted molar refractivity (Wildman–Crippen MR) is 126 cm³/mol. The van der Waals surface area contributed by atoms with Crippen molar-refractivity contribution in [2.75, 3.05) is 38.2 Å². The second kappa shape index (κ2) is 8.61. The Morgan fingerprint density at radius 1 is 1.12 bits per heavy atom. The molecule has 1 aliphatic heterocycles. The van der Waals surface area contributed by atoms with Gasteiger partial charge in [0.25, 0.3) is 0 Å². The average Bonchev–Trinajstić information content (AvgIpc) is 3.49. The highest BCUT2D eigenvalue weighted by Crippen LogP contribution is 2.34. The van der Waals surface area contributed by atoms with E-state index >= 15 is 0 Å². The number of benzene rings is 1. The lowest BCUT2D eigenvalue weighted by atomic mass is 10.0. The third-order valence-corrected chi connectivity index (χ3v) is 6.32. The first kappa shape index (κ1) is 21.1. The van der Waals surface area contributed by atoms with Crippen LogP contribution in [0.25, 0.3) is 16.8 Å². The molecule has 1 atom stereocenters. The molecule has 1 saturated heterocycles. The number of methoxy groups -OCH3 is 1. The number of aromatic nitrogens is 3. The lowest BCUT2D eigenvalue weighted by molar-refractivity contribution is -0.132. The number of hydrogen-bond acceptors (Lipinski definition) is 6. The zero-order chi connectivity index (χ0) is 22.9. The number of piperazine rings is 1. The molecule has 3 aromatic heterocycles. The maximum absolute atomic E-state index is 13.2. The first-order valence-electron chi connectivity index (χ1n) is 11.1. The van der Waals surface area contributed by atoms with Crippen LogP contribution in [0, 0.1) is 6.92 Å². The highest BCUT2D eigenvalue weighted by atomic mass is 16.5. The molecular formula is C25H27N5O3. The van der Waals surface area contributed by atoms with Gasteiger partial charge in [0.1, 0.15) is 5.75 Å². The van der Waals surface area contributed by atoms with E-state index in [1.165, 1.54) is 0 Å². The first-order chi connectivity index (χ1) is 16.0. The number of oxazole rings is 1. The molecule has 8 nitrogen and oxygen atoms in total. The molecule has 0 radical (unpaired) electrons. The number of carbonyl (C=O) groups excluding carboxylic acids is 1. The van der Waals surface area contributed by atoms with E-state index in [1.807, 2.05) is 59.8 Å². The monoisotopic (exact) mass is 445 g/mol. The molecule has 170 valence electrons. The van der Waals surface area contributed by atoms with Crippen LogP contribution in [0.15, 0.2) is 59.4 Å². The molecule has 4 aromatic rings. The molecule has 5 rings (SSSR count). The summed E-state index contributed by atoms with van der Waals surface area (Å²) < 4.78 is 13.1. The van der Waals surface area contributed by atoms with E-state index in [0.717, 1.165) is 41.2 Å². The van der Waals surface area contributed by atoms with Gasteiger partial charge >= 0.3 is 0 Å². The van der Waals surface area contributed by atoms with Gasteiger partial charge in [0.2, 0.25) is 5.91 Å². The number of aryl methyl sites for hydroxylation is 1. The smallest absolute Gasteiger partial charge is 0.230 e. The Kier molecular flexibility index (Phi) is 5.50. The van der Waals surface area contributed by atoms with E-state index in [0.29, 0.717) is 24.7 Å². The van der Waals surface area contributed by atoms with Crippen molar-refractivity contribution in [2.45, 2.75) is 19.8 Å². The first-order valence-corrected chi connectivity index (χ1v) is 11.1. The summed E-state index contributed by atoms with van der Waals surface area (Å²) in [6, 6.07) is 12.0. The Bertz CT molecular complexity index is 1290. The number of carbonyl (C=O) groups is 1. The Hall–Kier alpha value is -3.81. The zero-order valence-corrected chi connectivity index (χ0v) is 19.1. The fourth-order valence-electron chi connectivity index (χ4n) is 4.45. The number of ether oxygens (including phenoxy) is 1. The number of fused-ring (bicyclic) bond motifs is 1. The van der Waals surface area contributed by atoms with Crippen molar-refractivity contribution in [2.24, 2.45) is 0 Å². The van der Waals surface area contributed by atoms with Gasteiger partial charge in [0.05, 0.1) is 36.5 Å². The van der Waals surface area contributed by atoms with Gasteiger partial charge < -0.3 is 19.0 Å². The molecule has 0 saturated carbocycles. The summed E-state index contributed by atoms with van der Waals surface area (Å²) in [7, 11) is 1.66. The molecule has 0 spiro atoms. The average molecular weight is 446 g/mol. The molecule has 0 aliphatic carbocycles. The van der Waals surface area contributed by atoms with Crippen LogP contribution >= 0.6 is 0 Å². The Morgan fingerprint density at radius 2 is 1.94 bits per heavy atom. The summed E-state index contributed by atoms with van der Waals surface area (Å²) >= 11 is 0. The van der Waals surface area contributed by atoms with Gasteiger partial charge in [-0.25, -0.2) is 9.50 Å². The van der Waals surface area contributed by atoms with E-state index in [2.05, 4.69) is 21.0 Å². The van der Waals surface area contributed by atoms with E-state index in [4.69, 9.17) is 9.15 Å². The van der Waals surface area contributed by atoms with Gasteiger partial charge in [-0.2, -0.15) is 5.10 Å². The van der Waals surface area contributed by atoms with Crippen molar-refractivity contribution in [1.29, 1.82) is 0 Å². The maximum atomic E-state index is 13.2. The van der Waals surface area contributed by atoms with Crippen LogP contribution in [0.4, 0.5) is 5.69 Å². The quantitative estimate of drug-likeness (QED) is 0.466. The number of anilines is 1. The Morgan fingerprint density at radius 3 is 2.67 bits per heavy atom. The molecule has 1 amide bonds. The lowest BCUT2D eigenvalue weighted by Gasteiger charge is -2.37. The molecule has 1 unspecified atom stereocenters. The van der Waals surface area contributed by atoms with Gasteiger partial charge in [-0.3, -0.25) is 4.79 Å². The molecule has 1 aromatic carbocycles. The summed E-state index contributed by atoms with van der Waals surface area (Å²) in [6.45, 7) is 6.66. The highest BCUT2D eigenvalue weighted by molar-refractivity contribution is 5.86. The molecule has 0 N–H and O–H groups in total. The predicted octanol–water partition coefficient (Wildman–Crippen LogP) is 3.76. The second-order valence-corrected chi connectivity index (χ2v) is 8.29. The van der Waals surface area contributed by atoms with E-state index in [1.54, 1.807) is 19.5 Å². The van der Waals surface area contributed by atoms with Gasteiger partial charge in [-0.1, -0.05) is 6.07 Å².